The van der Waals surface area contributed by atoms with Crippen molar-refractivity contribution in [2.45, 2.75) is 57.2 Å². The molecule has 0 aliphatic carbocycles. The highest BCUT2D eigenvalue weighted by atomic mass is 16.6. The molecule has 0 saturated carbocycles. The molecule has 4 aromatic rings. The quantitative estimate of drug-likeness (QED) is 0.0841. The van der Waals surface area contributed by atoms with Gasteiger partial charge in [0.1, 0.15) is 6.17 Å². The van der Waals surface area contributed by atoms with Gasteiger partial charge in [0.15, 0.2) is 40.6 Å². The zero-order valence-electron chi connectivity index (χ0n) is 32.9. The highest BCUT2D eigenvalue weighted by molar-refractivity contribution is 6.02. The van der Waals surface area contributed by atoms with Crippen molar-refractivity contribution < 1.29 is 47.5 Å². The van der Waals surface area contributed by atoms with Gasteiger partial charge in [-0.1, -0.05) is 49.0 Å². The highest BCUT2D eigenvalue weighted by Gasteiger charge is 2.29. The molecule has 2 unspecified atom stereocenters. The Morgan fingerprint density at radius 1 is 0.607 bits per heavy atom. The van der Waals surface area contributed by atoms with Crippen molar-refractivity contribution in [2.75, 3.05) is 61.2 Å². The normalized spacial score (nSPS) is 15.7. The lowest BCUT2D eigenvalue weighted by Crippen LogP contribution is -2.38. The monoisotopic (exact) mass is 769 g/mol. The van der Waals surface area contributed by atoms with Crippen LogP contribution in [0.5, 0.6) is 46.0 Å². The summed E-state index contributed by atoms with van der Waals surface area (Å²) in [6.07, 6.45) is 5.91. The number of ether oxygens (including phenoxy) is 8. The first-order chi connectivity index (χ1) is 27.4. The van der Waals surface area contributed by atoms with Crippen molar-refractivity contribution in [3.05, 3.63) is 89.0 Å². The summed E-state index contributed by atoms with van der Waals surface area (Å²) in [4.78, 5) is 18.5. The number of rotatable bonds is 20. The molecule has 2 aliphatic rings. The van der Waals surface area contributed by atoms with Crippen molar-refractivity contribution in [1.82, 2.24) is 5.32 Å². The molecule has 0 bridgehead atoms. The molecule has 6 rings (SSSR count). The van der Waals surface area contributed by atoms with E-state index in [0.717, 1.165) is 66.6 Å². The number of carbonyl (C=O) groups excluding carboxylic acids is 1. The molecule has 0 fully saturated rings. The van der Waals surface area contributed by atoms with Gasteiger partial charge in [-0.3, -0.25) is 4.79 Å². The van der Waals surface area contributed by atoms with Gasteiger partial charge in [-0.15, -0.1) is 0 Å². The molecule has 0 radical (unpaired) electrons. The molecular weight excluding hydrogens is 718 g/mol. The standard InChI is InChI=1S/C43H51N3O10/c1-48-35-21-27(42-44-31-16-12-11-15-30(31)43(47)45-42)17-18-33(35)54-19-13-9-7-8-10-14-20-55-41-38(51-4)24-29(25-39(41)52-5)34-26-32(46-56-34)28-22-36(49-2)40(53-6)37(23-28)50-3/h11-12,15-18,21-25,34,42,44H,7-10,13-14,19-20,26H2,1-6H3,(H,45,47). The second kappa shape index (κ2) is 19.1. The maximum Gasteiger partial charge on any atom is 0.255 e. The van der Waals surface area contributed by atoms with E-state index in [0.29, 0.717) is 71.2 Å². The summed E-state index contributed by atoms with van der Waals surface area (Å²) in [7, 11) is 9.58. The lowest BCUT2D eigenvalue weighted by atomic mass is 9.99. The average molecular weight is 770 g/mol. The van der Waals surface area contributed by atoms with Crippen molar-refractivity contribution in [2.24, 2.45) is 5.16 Å². The number of methoxy groups -OCH3 is 6. The zero-order chi connectivity index (χ0) is 39.4. The molecular formula is C43H51N3O10. The maximum absolute atomic E-state index is 12.6. The summed E-state index contributed by atoms with van der Waals surface area (Å²) in [5.74, 6) is 4.50. The van der Waals surface area contributed by atoms with Crippen LogP contribution in [-0.4, -0.2) is 67.5 Å². The lowest BCUT2D eigenvalue weighted by Gasteiger charge is -2.28. The molecule has 0 aromatic heterocycles. The maximum atomic E-state index is 12.6. The van der Waals surface area contributed by atoms with Crippen LogP contribution >= 0.6 is 0 Å². The average Bonchev–Trinajstić information content (AvgIpc) is 3.74. The van der Waals surface area contributed by atoms with E-state index in [9.17, 15) is 4.79 Å². The smallest absolute Gasteiger partial charge is 0.255 e. The number of hydrogen-bond acceptors (Lipinski definition) is 12. The number of fused-ring (bicyclic) bond motifs is 1. The van der Waals surface area contributed by atoms with Crippen LogP contribution < -0.4 is 48.5 Å². The van der Waals surface area contributed by atoms with E-state index in [1.165, 1.54) is 0 Å². The fourth-order valence-corrected chi connectivity index (χ4v) is 6.83. The lowest BCUT2D eigenvalue weighted by molar-refractivity contribution is 0.0852. The Morgan fingerprint density at radius 3 is 1.84 bits per heavy atom. The van der Waals surface area contributed by atoms with Crippen LogP contribution in [0.15, 0.2) is 71.9 Å². The van der Waals surface area contributed by atoms with Crippen molar-refractivity contribution in [1.29, 1.82) is 0 Å². The molecule has 2 atom stereocenters. The molecule has 2 aliphatic heterocycles. The van der Waals surface area contributed by atoms with Crippen molar-refractivity contribution >= 4 is 17.3 Å². The number of unbranched alkanes of at least 4 members (excludes halogenated alkanes) is 5. The minimum Gasteiger partial charge on any atom is -0.493 e. The van der Waals surface area contributed by atoms with Crippen LogP contribution in [0.1, 0.15) is 84.3 Å². The summed E-state index contributed by atoms with van der Waals surface area (Å²) in [6, 6.07) is 20.7. The van der Waals surface area contributed by atoms with Crippen molar-refractivity contribution in [3.63, 3.8) is 0 Å². The summed E-state index contributed by atoms with van der Waals surface area (Å²) in [5.41, 5.74) is 4.74. The Labute approximate surface area is 328 Å². The molecule has 0 saturated heterocycles. The number of anilines is 1. The van der Waals surface area contributed by atoms with E-state index < -0.39 is 0 Å². The van der Waals surface area contributed by atoms with Gasteiger partial charge in [-0.2, -0.15) is 0 Å². The molecule has 0 spiro atoms. The van der Waals surface area contributed by atoms with E-state index >= 15 is 0 Å². The molecule has 56 heavy (non-hydrogen) atoms. The number of benzene rings is 4. The Balaban J connectivity index is 0.917. The Kier molecular flexibility index (Phi) is 13.5. The fourth-order valence-electron chi connectivity index (χ4n) is 6.83. The summed E-state index contributed by atoms with van der Waals surface area (Å²) >= 11 is 0. The first-order valence-corrected chi connectivity index (χ1v) is 18.8. The van der Waals surface area contributed by atoms with Gasteiger partial charge in [-0.25, -0.2) is 0 Å². The van der Waals surface area contributed by atoms with Crippen LogP contribution in [0.3, 0.4) is 0 Å². The second-order valence-corrected chi connectivity index (χ2v) is 13.3. The Hall–Kier alpha value is -5.98. The Bertz CT molecular complexity index is 1950. The van der Waals surface area contributed by atoms with Crippen LogP contribution in [0.2, 0.25) is 0 Å². The van der Waals surface area contributed by atoms with Gasteiger partial charge >= 0.3 is 0 Å². The number of hydrogen-bond donors (Lipinski definition) is 2. The number of oxime groups is 1. The third-order valence-corrected chi connectivity index (χ3v) is 9.83. The third-order valence-electron chi connectivity index (χ3n) is 9.83. The largest absolute Gasteiger partial charge is 0.493 e. The topological polar surface area (TPSA) is 137 Å². The molecule has 2 N–H and O–H groups in total. The number of para-hydroxylation sites is 1. The molecule has 13 heteroatoms. The highest BCUT2D eigenvalue weighted by Crippen LogP contribution is 2.44. The summed E-state index contributed by atoms with van der Waals surface area (Å²) in [5, 5.41) is 10.8. The van der Waals surface area contributed by atoms with E-state index in [1.807, 2.05) is 60.7 Å². The minimum atomic E-state index is -0.361. The fraction of sp³-hybridized carbons (Fsp3) is 0.395. The number of nitrogens with zero attached hydrogens (tertiary/aromatic N) is 1. The van der Waals surface area contributed by atoms with Crippen LogP contribution in [-0.2, 0) is 4.84 Å². The van der Waals surface area contributed by atoms with Crippen molar-refractivity contribution in [3.8, 4) is 46.0 Å². The zero-order valence-corrected chi connectivity index (χ0v) is 32.9. The first kappa shape index (κ1) is 39.7. The Morgan fingerprint density at radius 2 is 1.20 bits per heavy atom. The van der Waals surface area contributed by atoms with Crippen LogP contribution in [0, 0.1) is 0 Å². The molecule has 298 valence electrons. The van der Waals surface area contributed by atoms with E-state index in [2.05, 4.69) is 15.8 Å². The van der Waals surface area contributed by atoms with E-state index in [-0.39, 0.29) is 18.2 Å². The van der Waals surface area contributed by atoms with Gasteiger partial charge in [-0.05, 0) is 66.9 Å². The van der Waals surface area contributed by atoms with E-state index in [4.69, 9.17) is 42.7 Å². The summed E-state index contributed by atoms with van der Waals surface area (Å²) in [6.45, 7) is 1.12. The van der Waals surface area contributed by atoms with Crippen LogP contribution in [0.4, 0.5) is 5.69 Å². The molecule has 2 heterocycles. The van der Waals surface area contributed by atoms with E-state index in [1.54, 1.807) is 48.7 Å². The SMILES string of the molecule is COc1cc(C2NC(=O)c3ccccc3N2)ccc1OCCCCCCCCOc1c(OC)cc(C2CC(c3cc(OC)c(OC)c(OC)c3)=NO2)cc1OC. The second-order valence-electron chi connectivity index (χ2n) is 13.3. The molecule has 4 aromatic carbocycles. The first-order valence-electron chi connectivity index (χ1n) is 18.8. The minimum absolute atomic E-state index is 0.112. The van der Waals surface area contributed by atoms with Crippen LogP contribution in [0.25, 0.3) is 0 Å². The third kappa shape index (κ3) is 9.10. The van der Waals surface area contributed by atoms with Gasteiger partial charge in [0.05, 0.1) is 67.1 Å². The van der Waals surface area contributed by atoms with Gasteiger partial charge in [0, 0.05) is 23.2 Å². The predicted molar refractivity (Wildman–Crippen MR) is 213 cm³/mol. The van der Waals surface area contributed by atoms with Gasteiger partial charge < -0.3 is 53.4 Å². The van der Waals surface area contributed by atoms with Gasteiger partial charge in [0.25, 0.3) is 5.91 Å². The number of nitrogens with one attached hydrogen (secondary N) is 2. The predicted octanol–water partition coefficient (Wildman–Crippen LogP) is 8.26. The molecule has 1 amide bonds. The number of carbonyl (C=O) groups is 1. The number of amides is 1. The summed E-state index contributed by atoms with van der Waals surface area (Å²) < 4.78 is 45.9. The van der Waals surface area contributed by atoms with Gasteiger partial charge in [0.2, 0.25) is 11.5 Å². The molecule has 13 nitrogen and oxygen atoms in total.